The molecular weight excluding hydrogens is 340 g/mol. The molecule has 0 fully saturated rings. The molecule has 1 unspecified atom stereocenters. The molecule has 0 saturated heterocycles. The molecule has 1 N–H and O–H groups in total. The van der Waals surface area contributed by atoms with Crippen LogP contribution in [0.25, 0.3) is 0 Å². The van der Waals surface area contributed by atoms with Crippen molar-refractivity contribution in [2.24, 2.45) is 0 Å². The van der Waals surface area contributed by atoms with E-state index < -0.39 is 6.04 Å². The number of aryl methyl sites for hydroxylation is 2. The molecule has 0 aliphatic heterocycles. The zero-order valence-corrected chi connectivity index (χ0v) is 16.5. The summed E-state index contributed by atoms with van der Waals surface area (Å²) >= 11 is 0. The van der Waals surface area contributed by atoms with E-state index >= 15 is 0 Å². The highest BCUT2D eigenvalue weighted by atomic mass is 16.5. The van der Waals surface area contributed by atoms with Crippen LogP contribution >= 0.6 is 0 Å². The van der Waals surface area contributed by atoms with Crippen LogP contribution in [0.1, 0.15) is 30.5 Å². The molecule has 2 amide bonds. The van der Waals surface area contributed by atoms with E-state index in [1.807, 2.05) is 69.3 Å². The number of hydrogen-bond donors (Lipinski definition) is 1. The molecule has 0 heterocycles. The van der Waals surface area contributed by atoms with Gasteiger partial charge in [0.2, 0.25) is 5.91 Å². The SMILES string of the molecule is CCNC(=O)C(C)N(Cc1ccc(C)cc1)C(=O)COc1ccccc1C. The van der Waals surface area contributed by atoms with Crippen LogP contribution in [0.3, 0.4) is 0 Å². The number of likely N-dealkylation sites (N-methyl/N-ethyl adjacent to an activating group) is 1. The van der Waals surface area contributed by atoms with E-state index in [9.17, 15) is 9.59 Å². The second-order valence-electron chi connectivity index (χ2n) is 6.63. The lowest BCUT2D eigenvalue weighted by atomic mass is 10.1. The minimum atomic E-state index is -0.584. The lowest BCUT2D eigenvalue weighted by Gasteiger charge is -2.28. The smallest absolute Gasteiger partial charge is 0.261 e. The summed E-state index contributed by atoms with van der Waals surface area (Å²) in [6.07, 6.45) is 0. The Morgan fingerprint density at radius 2 is 1.74 bits per heavy atom. The van der Waals surface area contributed by atoms with Crippen molar-refractivity contribution in [3.63, 3.8) is 0 Å². The van der Waals surface area contributed by atoms with Crippen LogP contribution in [0, 0.1) is 13.8 Å². The molecule has 0 bridgehead atoms. The van der Waals surface area contributed by atoms with Gasteiger partial charge in [0.15, 0.2) is 6.61 Å². The van der Waals surface area contributed by atoms with E-state index in [0.29, 0.717) is 18.8 Å². The van der Waals surface area contributed by atoms with Gasteiger partial charge in [-0.1, -0.05) is 48.0 Å². The number of para-hydroxylation sites is 1. The Morgan fingerprint density at radius 3 is 2.37 bits per heavy atom. The Labute approximate surface area is 161 Å². The summed E-state index contributed by atoms with van der Waals surface area (Å²) in [7, 11) is 0. The molecule has 27 heavy (non-hydrogen) atoms. The molecule has 0 aliphatic rings. The van der Waals surface area contributed by atoms with E-state index in [-0.39, 0.29) is 18.4 Å². The van der Waals surface area contributed by atoms with Gasteiger partial charge in [-0.05, 0) is 44.9 Å². The molecule has 0 radical (unpaired) electrons. The average molecular weight is 368 g/mol. The number of amides is 2. The first-order chi connectivity index (χ1) is 12.9. The first kappa shape index (κ1) is 20.5. The Balaban J connectivity index is 2.14. The Hall–Kier alpha value is -2.82. The summed E-state index contributed by atoms with van der Waals surface area (Å²) in [5.41, 5.74) is 3.09. The number of benzene rings is 2. The predicted molar refractivity (Wildman–Crippen MR) is 107 cm³/mol. The Bertz CT molecular complexity index is 771. The molecule has 0 aliphatic carbocycles. The monoisotopic (exact) mass is 368 g/mol. The fourth-order valence-corrected chi connectivity index (χ4v) is 2.74. The van der Waals surface area contributed by atoms with Gasteiger partial charge in [-0.25, -0.2) is 0 Å². The molecule has 5 heteroatoms. The highest BCUT2D eigenvalue weighted by Crippen LogP contribution is 2.17. The normalized spacial score (nSPS) is 11.6. The van der Waals surface area contributed by atoms with E-state index in [0.717, 1.165) is 16.7 Å². The Morgan fingerprint density at radius 1 is 1.07 bits per heavy atom. The van der Waals surface area contributed by atoms with E-state index in [1.54, 1.807) is 11.8 Å². The van der Waals surface area contributed by atoms with Crippen LogP contribution in [0.2, 0.25) is 0 Å². The van der Waals surface area contributed by atoms with Crippen LogP contribution in [-0.2, 0) is 16.1 Å². The first-order valence-electron chi connectivity index (χ1n) is 9.23. The van der Waals surface area contributed by atoms with Gasteiger partial charge in [0.1, 0.15) is 11.8 Å². The van der Waals surface area contributed by atoms with Crippen molar-refractivity contribution in [2.75, 3.05) is 13.2 Å². The summed E-state index contributed by atoms with van der Waals surface area (Å²) < 4.78 is 5.70. The van der Waals surface area contributed by atoms with Crippen LogP contribution in [-0.4, -0.2) is 35.9 Å². The van der Waals surface area contributed by atoms with Gasteiger partial charge in [0.05, 0.1) is 0 Å². The summed E-state index contributed by atoms with van der Waals surface area (Å²) in [5, 5.41) is 2.78. The largest absolute Gasteiger partial charge is 0.484 e. The van der Waals surface area contributed by atoms with Crippen LogP contribution in [0.15, 0.2) is 48.5 Å². The molecule has 2 aromatic rings. The Kier molecular flexibility index (Phi) is 7.41. The van der Waals surface area contributed by atoms with Crippen LogP contribution in [0.5, 0.6) is 5.75 Å². The third-order valence-electron chi connectivity index (χ3n) is 4.44. The van der Waals surface area contributed by atoms with Crippen molar-refractivity contribution in [3.05, 3.63) is 65.2 Å². The van der Waals surface area contributed by atoms with Crippen molar-refractivity contribution in [2.45, 2.75) is 40.3 Å². The average Bonchev–Trinajstić information content (AvgIpc) is 2.66. The van der Waals surface area contributed by atoms with Gasteiger partial charge >= 0.3 is 0 Å². The number of carbonyl (C=O) groups excluding carboxylic acids is 2. The molecular formula is C22H28N2O3. The van der Waals surface area contributed by atoms with Gasteiger partial charge in [-0.3, -0.25) is 9.59 Å². The standard InChI is InChI=1S/C22H28N2O3/c1-5-23-22(26)18(4)24(14-19-12-10-16(2)11-13-19)21(25)15-27-20-9-7-6-8-17(20)3/h6-13,18H,5,14-15H2,1-4H3,(H,23,26). The number of carbonyl (C=O) groups is 2. The summed E-state index contributed by atoms with van der Waals surface area (Å²) in [4.78, 5) is 26.7. The molecule has 0 spiro atoms. The van der Waals surface area contributed by atoms with Gasteiger partial charge in [-0.15, -0.1) is 0 Å². The summed E-state index contributed by atoms with van der Waals surface area (Å²) in [6.45, 7) is 8.31. The second kappa shape index (κ2) is 9.76. The maximum absolute atomic E-state index is 12.9. The summed E-state index contributed by atoms with van der Waals surface area (Å²) in [5.74, 6) is 0.276. The van der Waals surface area contributed by atoms with Crippen molar-refractivity contribution in [3.8, 4) is 5.75 Å². The van der Waals surface area contributed by atoms with E-state index in [4.69, 9.17) is 4.74 Å². The maximum Gasteiger partial charge on any atom is 0.261 e. The third-order valence-corrected chi connectivity index (χ3v) is 4.44. The lowest BCUT2D eigenvalue weighted by molar-refractivity contribution is -0.142. The maximum atomic E-state index is 12.9. The fourth-order valence-electron chi connectivity index (χ4n) is 2.74. The molecule has 0 aromatic heterocycles. The third kappa shape index (κ3) is 5.84. The van der Waals surface area contributed by atoms with Crippen LogP contribution < -0.4 is 10.1 Å². The second-order valence-corrected chi connectivity index (χ2v) is 6.63. The minimum Gasteiger partial charge on any atom is -0.484 e. The zero-order valence-electron chi connectivity index (χ0n) is 16.5. The fraction of sp³-hybridized carbons (Fsp3) is 0.364. The summed E-state index contributed by atoms with van der Waals surface area (Å²) in [6, 6.07) is 14.9. The number of rotatable bonds is 8. The van der Waals surface area contributed by atoms with Gasteiger partial charge < -0.3 is 15.0 Å². The predicted octanol–water partition coefficient (Wildman–Crippen LogP) is 3.24. The van der Waals surface area contributed by atoms with Gasteiger partial charge in [0, 0.05) is 13.1 Å². The highest BCUT2D eigenvalue weighted by Gasteiger charge is 2.26. The number of hydrogen-bond acceptors (Lipinski definition) is 3. The zero-order chi connectivity index (χ0) is 19.8. The van der Waals surface area contributed by atoms with Crippen LogP contribution in [0.4, 0.5) is 0 Å². The molecule has 144 valence electrons. The van der Waals surface area contributed by atoms with Crippen molar-refractivity contribution >= 4 is 11.8 Å². The van der Waals surface area contributed by atoms with Crippen molar-refractivity contribution < 1.29 is 14.3 Å². The first-order valence-corrected chi connectivity index (χ1v) is 9.23. The van der Waals surface area contributed by atoms with Crippen molar-refractivity contribution in [1.82, 2.24) is 10.2 Å². The quantitative estimate of drug-likeness (QED) is 0.778. The van der Waals surface area contributed by atoms with Gasteiger partial charge in [-0.2, -0.15) is 0 Å². The van der Waals surface area contributed by atoms with E-state index in [1.165, 1.54) is 0 Å². The number of ether oxygens (including phenoxy) is 1. The lowest BCUT2D eigenvalue weighted by Crippen LogP contribution is -2.49. The topological polar surface area (TPSA) is 58.6 Å². The molecule has 2 rings (SSSR count). The molecule has 2 aromatic carbocycles. The highest BCUT2D eigenvalue weighted by molar-refractivity contribution is 5.87. The van der Waals surface area contributed by atoms with Gasteiger partial charge in [0.25, 0.3) is 5.91 Å². The molecule has 1 atom stereocenters. The molecule has 0 saturated carbocycles. The number of nitrogens with one attached hydrogen (secondary N) is 1. The number of nitrogens with zero attached hydrogens (tertiary/aromatic N) is 1. The minimum absolute atomic E-state index is 0.111. The van der Waals surface area contributed by atoms with E-state index in [2.05, 4.69) is 5.32 Å². The molecule has 5 nitrogen and oxygen atoms in total. The van der Waals surface area contributed by atoms with Crippen molar-refractivity contribution in [1.29, 1.82) is 0 Å².